The van der Waals surface area contributed by atoms with E-state index in [9.17, 15) is 30.9 Å². The molecule has 0 aromatic carbocycles. The van der Waals surface area contributed by atoms with Gasteiger partial charge in [0.1, 0.15) is 0 Å². The van der Waals surface area contributed by atoms with Gasteiger partial charge in [-0.2, -0.15) is 13.2 Å². The summed E-state index contributed by atoms with van der Waals surface area (Å²) in [5.41, 5.74) is 0. The molecule has 0 radical (unpaired) electrons. The van der Waals surface area contributed by atoms with Gasteiger partial charge in [-0.3, -0.25) is 0 Å². The third-order valence-electron chi connectivity index (χ3n) is 1.28. The minimum Gasteiger partial charge on any atom is -0.318 e. The fraction of sp³-hybridized carbons (Fsp3) is 1.00. The van der Waals surface area contributed by atoms with Crippen LogP contribution in [-0.4, -0.2) is 23.1 Å². The van der Waals surface area contributed by atoms with Crippen molar-refractivity contribution in [2.75, 3.05) is 5.88 Å². The zero-order valence-electron chi connectivity index (χ0n) is 9.19. The van der Waals surface area contributed by atoms with Crippen molar-refractivity contribution >= 4 is 19.2 Å². The molecular weight excluding hydrogens is 312 g/mol. The van der Waals surface area contributed by atoms with Crippen LogP contribution in [0.15, 0.2) is 0 Å². The minimum absolute atomic E-state index is 0.827. The van der Waals surface area contributed by atoms with Crippen LogP contribution in [0.3, 0.4) is 0 Å². The summed E-state index contributed by atoms with van der Waals surface area (Å²) < 4.78 is 78.5. The Balaban J connectivity index is 0. The van der Waals surface area contributed by atoms with E-state index >= 15 is 0 Å². The van der Waals surface area contributed by atoms with E-state index < -0.39 is 19.9 Å². The van der Waals surface area contributed by atoms with Crippen molar-refractivity contribution in [1.29, 1.82) is 0 Å². The predicted octanol–water partition coefficient (Wildman–Crippen LogP) is 4.64. The van der Waals surface area contributed by atoms with Gasteiger partial charge in [-0.25, -0.2) is 9.09 Å². The maximum absolute atomic E-state index is 11.2. The van der Waals surface area contributed by atoms with E-state index in [-0.39, 0.29) is 0 Å². The quantitative estimate of drug-likeness (QED) is 0.354. The van der Waals surface area contributed by atoms with Crippen LogP contribution in [0, 0.1) is 0 Å². The number of hydrogen-bond acceptors (Lipinski definition) is 2. The van der Waals surface area contributed by atoms with Crippen molar-refractivity contribution < 1.29 is 40.3 Å². The Bertz CT molecular complexity index is 263. The Labute approximate surface area is 105 Å². The SMILES string of the molecule is CCCCCCl.O=P(O)(OC(F)(F)F)C(F)(F)F. The van der Waals surface area contributed by atoms with Gasteiger partial charge in [-0.15, -0.1) is 24.8 Å². The molecule has 0 aromatic rings. The lowest BCUT2D eigenvalue weighted by Gasteiger charge is -2.15. The van der Waals surface area contributed by atoms with Gasteiger partial charge in [0.15, 0.2) is 0 Å². The second kappa shape index (κ2) is 8.24. The molecule has 0 aliphatic carbocycles. The lowest BCUT2D eigenvalue weighted by atomic mass is 10.3. The summed E-state index contributed by atoms with van der Waals surface area (Å²) in [5.74, 6) is -5.10. The monoisotopic (exact) mass is 324 g/mol. The maximum Gasteiger partial charge on any atom is 0.529 e. The first-order valence-corrected chi connectivity index (χ1v) is 6.71. The summed E-state index contributed by atoms with van der Waals surface area (Å²) in [6.45, 7) is 2.17. The summed E-state index contributed by atoms with van der Waals surface area (Å²) in [7, 11) is -6.62. The second-order valence-corrected chi connectivity index (χ2v) is 5.03. The zero-order chi connectivity index (χ0) is 15.0. The highest BCUT2D eigenvalue weighted by Gasteiger charge is 2.58. The molecule has 0 amide bonds. The molecule has 0 aliphatic heterocycles. The third kappa shape index (κ3) is 11.1. The zero-order valence-corrected chi connectivity index (χ0v) is 10.8. The van der Waals surface area contributed by atoms with Crippen LogP contribution in [0.25, 0.3) is 0 Å². The van der Waals surface area contributed by atoms with Crippen LogP contribution >= 0.6 is 19.2 Å². The summed E-state index contributed by atoms with van der Waals surface area (Å²) in [6.07, 6.45) is -2.06. The Morgan fingerprint density at radius 1 is 1.17 bits per heavy atom. The molecule has 0 saturated carbocycles. The summed E-state index contributed by atoms with van der Waals surface area (Å²) in [4.78, 5) is 7.67. The number of halogens is 7. The van der Waals surface area contributed by atoms with Gasteiger partial charge in [0.2, 0.25) is 0 Å². The number of unbranched alkanes of at least 4 members (excludes halogenated alkanes) is 2. The van der Waals surface area contributed by atoms with E-state index in [2.05, 4.69) is 6.92 Å². The molecule has 0 rings (SSSR count). The fourth-order valence-electron chi connectivity index (χ4n) is 0.537. The Morgan fingerprint density at radius 2 is 1.61 bits per heavy atom. The Hall–Kier alpha value is 0.0200. The first-order chi connectivity index (χ1) is 7.87. The molecule has 1 unspecified atom stereocenters. The highest BCUT2D eigenvalue weighted by molar-refractivity contribution is 7.53. The van der Waals surface area contributed by atoms with E-state index in [0.29, 0.717) is 0 Å². The van der Waals surface area contributed by atoms with Gasteiger partial charge in [-0.05, 0) is 6.42 Å². The molecule has 11 heteroatoms. The average Bonchev–Trinajstić information content (AvgIpc) is 2.10. The molecule has 112 valence electrons. The molecule has 1 N–H and O–H groups in total. The van der Waals surface area contributed by atoms with Gasteiger partial charge in [0.25, 0.3) is 0 Å². The van der Waals surface area contributed by atoms with Gasteiger partial charge in [0, 0.05) is 5.88 Å². The summed E-state index contributed by atoms with van der Waals surface area (Å²) in [6, 6.07) is 0. The highest BCUT2D eigenvalue weighted by Crippen LogP contribution is 2.61. The van der Waals surface area contributed by atoms with Crippen molar-refractivity contribution in [3.8, 4) is 0 Å². The third-order valence-corrected chi connectivity index (χ3v) is 2.65. The second-order valence-electron chi connectivity index (χ2n) is 2.92. The van der Waals surface area contributed by atoms with E-state index in [0.717, 1.165) is 5.88 Å². The summed E-state index contributed by atoms with van der Waals surface area (Å²) >= 11 is 5.38. The highest BCUT2D eigenvalue weighted by atomic mass is 35.5. The smallest absolute Gasteiger partial charge is 0.318 e. The minimum atomic E-state index is -6.62. The largest absolute Gasteiger partial charge is 0.529 e. The molecular formula is C7H12ClF6O3P. The van der Waals surface area contributed by atoms with Crippen LogP contribution < -0.4 is 0 Å². The van der Waals surface area contributed by atoms with Gasteiger partial charge >= 0.3 is 19.9 Å². The van der Waals surface area contributed by atoms with Crippen LogP contribution in [0.2, 0.25) is 0 Å². The molecule has 1 atom stereocenters. The lowest BCUT2D eigenvalue weighted by molar-refractivity contribution is -0.284. The van der Waals surface area contributed by atoms with Crippen molar-refractivity contribution in [3.63, 3.8) is 0 Å². The maximum atomic E-state index is 11.2. The molecule has 0 saturated heterocycles. The van der Waals surface area contributed by atoms with E-state index in [1.807, 2.05) is 4.52 Å². The predicted molar refractivity (Wildman–Crippen MR) is 53.3 cm³/mol. The average molecular weight is 325 g/mol. The van der Waals surface area contributed by atoms with E-state index in [4.69, 9.17) is 16.5 Å². The Morgan fingerprint density at radius 3 is 1.72 bits per heavy atom. The van der Waals surface area contributed by atoms with Crippen LogP contribution in [-0.2, 0) is 9.09 Å². The van der Waals surface area contributed by atoms with Gasteiger partial charge in [-0.1, -0.05) is 19.8 Å². The molecule has 0 bridgehead atoms. The van der Waals surface area contributed by atoms with E-state index in [1.165, 1.54) is 19.3 Å². The standard InChI is InChI=1S/C5H11Cl.C2HF6O3P/c1-2-3-4-5-6;3-1(4,5)11-12(9,10)2(6,7)8/h2-5H2,1H3;(H,9,10). The number of hydrogen-bond donors (Lipinski definition) is 1. The summed E-state index contributed by atoms with van der Waals surface area (Å²) in [5, 5.41) is 0. The van der Waals surface area contributed by atoms with Crippen LogP contribution in [0.1, 0.15) is 26.2 Å². The molecule has 0 aromatic heterocycles. The van der Waals surface area contributed by atoms with Crippen molar-refractivity contribution in [1.82, 2.24) is 0 Å². The Kier molecular flexibility index (Phi) is 9.31. The molecule has 3 nitrogen and oxygen atoms in total. The molecule has 0 spiro atoms. The van der Waals surface area contributed by atoms with E-state index in [1.54, 1.807) is 0 Å². The topological polar surface area (TPSA) is 46.5 Å². The van der Waals surface area contributed by atoms with Crippen molar-refractivity contribution in [3.05, 3.63) is 0 Å². The lowest BCUT2D eigenvalue weighted by Crippen LogP contribution is -2.19. The van der Waals surface area contributed by atoms with Gasteiger partial charge < -0.3 is 4.89 Å². The molecule has 0 fully saturated rings. The van der Waals surface area contributed by atoms with Crippen LogP contribution in [0.4, 0.5) is 26.3 Å². The van der Waals surface area contributed by atoms with Crippen LogP contribution in [0.5, 0.6) is 0 Å². The molecule has 0 heterocycles. The first kappa shape index (κ1) is 20.3. The fourth-order valence-corrected chi connectivity index (χ4v) is 1.11. The normalized spacial score (nSPS) is 15.6. The van der Waals surface area contributed by atoms with Gasteiger partial charge in [0.05, 0.1) is 0 Å². The number of rotatable bonds is 4. The van der Waals surface area contributed by atoms with Crippen molar-refractivity contribution in [2.45, 2.75) is 38.5 Å². The molecule has 18 heavy (non-hydrogen) atoms. The van der Waals surface area contributed by atoms with Crippen molar-refractivity contribution in [2.24, 2.45) is 0 Å². The first-order valence-electron chi connectivity index (χ1n) is 4.60. The molecule has 0 aliphatic rings. The number of alkyl halides is 7.